The molecule has 1 aromatic rings. The SMILES string of the molecule is C=CC.COC(=O)c1ccc(CNC(=O)C23CCCC2C2CCC4C(C)(CCC(OC(C)=O)C(C)C)C(C)CCC4(C)C2CC3)cc1. The lowest BCUT2D eigenvalue weighted by Crippen LogP contribution is -2.60. The molecule has 6 heteroatoms. The van der Waals surface area contributed by atoms with Gasteiger partial charge in [-0.25, -0.2) is 4.79 Å². The van der Waals surface area contributed by atoms with E-state index in [0.717, 1.165) is 44.1 Å². The van der Waals surface area contributed by atoms with E-state index in [9.17, 15) is 14.4 Å². The predicted octanol–water partition coefficient (Wildman–Crippen LogP) is 9.31. The molecule has 5 rings (SSSR count). The molecule has 1 aromatic carbocycles. The molecule has 9 unspecified atom stereocenters. The van der Waals surface area contributed by atoms with Crippen LogP contribution in [0.2, 0.25) is 0 Å². The third-order valence-electron chi connectivity index (χ3n) is 13.6. The molecule has 4 aliphatic carbocycles. The molecule has 0 aliphatic heterocycles. The Morgan fingerprint density at radius 2 is 1.68 bits per heavy atom. The summed E-state index contributed by atoms with van der Waals surface area (Å²) in [6, 6.07) is 7.36. The van der Waals surface area contributed by atoms with Crippen LogP contribution in [0.1, 0.15) is 135 Å². The lowest BCUT2D eigenvalue weighted by Gasteiger charge is -2.65. The largest absolute Gasteiger partial charge is 0.465 e. The Bertz CT molecular complexity index is 1260. The van der Waals surface area contributed by atoms with Crippen LogP contribution in [0.15, 0.2) is 36.9 Å². The number of allylic oxidation sites excluding steroid dienone is 1. The highest BCUT2D eigenvalue weighted by molar-refractivity contribution is 5.89. The first-order chi connectivity index (χ1) is 22.3. The molecule has 0 bridgehead atoms. The van der Waals surface area contributed by atoms with Crippen molar-refractivity contribution in [3.05, 3.63) is 48.0 Å². The van der Waals surface area contributed by atoms with Crippen molar-refractivity contribution in [2.24, 2.45) is 51.8 Å². The number of amides is 1. The molecule has 4 aliphatic rings. The zero-order valence-electron chi connectivity index (χ0n) is 30.7. The highest BCUT2D eigenvalue weighted by Crippen LogP contribution is 2.70. The van der Waals surface area contributed by atoms with E-state index in [1.807, 2.05) is 19.1 Å². The van der Waals surface area contributed by atoms with E-state index in [1.54, 1.807) is 18.2 Å². The molecule has 0 radical (unpaired) electrons. The van der Waals surface area contributed by atoms with E-state index in [2.05, 4.69) is 46.5 Å². The lowest BCUT2D eigenvalue weighted by atomic mass is 9.39. The number of rotatable bonds is 9. The molecule has 9 atom stereocenters. The maximum atomic E-state index is 14.0. The van der Waals surface area contributed by atoms with Crippen LogP contribution in [0.25, 0.3) is 0 Å². The average Bonchev–Trinajstić information content (AvgIpc) is 3.50. The number of carbonyl (C=O) groups is 3. The van der Waals surface area contributed by atoms with Gasteiger partial charge in [0.25, 0.3) is 0 Å². The van der Waals surface area contributed by atoms with Gasteiger partial charge in [0.2, 0.25) is 5.91 Å². The number of esters is 2. The van der Waals surface area contributed by atoms with Gasteiger partial charge < -0.3 is 14.8 Å². The summed E-state index contributed by atoms with van der Waals surface area (Å²) in [5.74, 6) is 3.15. The highest BCUT2D eigenvalue weighted by atomic mass is 16.5. The number of methoxy groups -OCH3 is 1. The van der Waals surface area contributed by atoms with Crippen LogP contribution in [-0.2, 0) is 25.6 Å². The monoisotopic (exact) mass is 649 g/mol. The maximum absolute atomic E-state index is 14.0. The molecule has 4 saturated carbocycles. The molecular weight excluding hydrogens is 586 g/mol. The summed E-state index contributed by atoms with van der Waals surface area (Å²) in [6.45, 7) is 19.3. The molecule has 47 heavy (non-hydrogen) atoms. The molecule has 6 nitrogen and oxygen atoms in total. The van der Waals surface area contributed by atoms with Crippen LogP contribution < -0.4 is 5.32 Å². The zero-order valence-corrected chi connectivity index (χ0v) is 30.7. The second kappa shape index (κ2) is 15.3. The Morgan fingerprint density at radius 1 is 1.00 bits per heavy atom. The fraction of sp³-hybridized carbons (Fsp3) is 0.732. The van der Waals surface area contributed by atoms with Gasteiger partial charge >= 0.3 is 11.9 Å². The Balaban J connectivity index is 0.00000160. The maximum Gasteiger partial charge on any atom is 0.337 e. The topological polar surface area (TPSA) is 81.7 Å². The van der Waals surface area contributed by atoms with E-state index < -0.39 is 0 Å². The van der Waals surface area contributed by atoms with Gasteiger partial charge in [0.1, 0.15) is 6.10 Å². The first kappa shape index (κ1) is 37.2. The number of carbonyl (C=O) groups excluding carboxylic acids is 3. The van der Waals surface area contributed by atoms with Gasteiger partial charge in [-0.1, -0.05) is 59.2 Å². The van der Waals surface area contributed by atoms with Crippen LogP contribution in [0.4, 0.5) is 0 Å². The summed E-state index contributed by atoms with van der Waals surface area (Å²) >= 11 is 0. The highest BCUT2D eigenvalue weighted by Gasteiger charge is 2.64. The van der Waals surface area contributed by atoms with Gasteiger partial charge in [-0.3, -0.25) is 9.59 Å². The summed E-state index contributed by atoms with van der Waals surface area (Å²) < 4.78 is 10.6. The van der Waals surface area contributed by atoms with E-state index in [1.165, 1.54) is 46.1 Å². The molecule has 0 spiro atoms. The van der Waals surface area contributed by atoms with E-state index in [0.29, 0.717) is 53.0 Å². The van der Waals surface area contributed by atoms with Crippen LogP contribution in [0, 0.1) is 51.8 Å². The molecule has 262 valence electrons. The molecule has 1 N–H and O–H groups in total. The van der Waals surface area contributed by atoms with Gasteiger partial charge in [-0.15, -0.1) is 6.58 Å². The Labute approximate surface area is 285 Å². The first-order valence-electron chi connectivity index (χ1n) is 18.5. The molecule has 0 heterocycles. The van der Waals surface area contributed by atoms with Crippen molar-refractivity contribution in [2.45, 2.75) is 132 Å². The minimum atomic E-state index is -0.345. The summed E-state index contributed by atoms with van der Waals surface area (Å²) in [5.41, 5.74) is 1.82. The number of hydrogen-bond acceptors (Lipinski definition) is 5. The normalized spacial score (nSPS) is 34.8. The van der Waals surface area contributed by atoms with E-state index in [-0.39, 0.29) is 34.8 Å². The molecular formula is C41H63NO5. The van der Waals surface area contributed by atoms with Crippen molar-refractivity contribution in [3.63, 3.8) is 0 Å². The Morgan fingerprint density at radius 3 is 2.30 bits per heavy atom. The smallest absolute Gasteiger partial charge is 0.337 e. The summed E-state index contributed by atoms with van der Waals surface area (Å²) in [6.07, 6.45) is 14.3. The van der Waals surface area contributed by atoms with Crippen LogP contribution in [0.3, 0.4) is 0 Å². The molecule has 0 aromatic heterocycles. The second-order valence-electron chi connectivity index (χ2n) is 16.3. The molecule has 0 saturated heterocycles. The number of fused-ring (bicyclic) bond motifs is 5. The van der Waals surface area contributed by atoms with Crippen molar-refractivity contribution in [3.8, 4) is 0 Å². The van der Waals surface area contributed by atoms with Gasteiger partial charge in [0.05, 0.1) is 18.1 Å². The fourth-order valence-electron chi connectivity index (χ4n) is 11.0. The van der Waals surface area contributed by atoms with Crippen molar-refractivity contribution < 1.29 is 23.9 Å². The van der Waals surface area contributed by atoms with Crippen molar-refractivity contribution in [1.82, 2.24) is 5.32 Å². The number of ether oxygens (including phenoxy) is 2. The van der Waals surface area contributed by atoms with Gasteiger partial charge in [-0.2, -0.15) is 0 Å². The average molecular weight is 650 g/mol. The third kappa shape index (κ3) is 7.37. The molecule has 4 fully saturated rings. The number of benzene rings is 1. The Kier molecular flexibility index (Phi) is 12.1. The minimum Gasteiger partial charge on any atom is -0.465 e. The second-order valence-corrected chi connectivity index (χ2v) is 16.3. The molecule has 1 amide bonds. The van der Waals surface area contributed by atoms with Crippen molar-refractivity contribution in [1.29, 1.82) is 0 Å². The van der Waals surface area contributed by atoms with E-state index in [4.69, 9.17) is 9.47 Å². The van der Waals surface area contributed by atoms with Crippen molar-refractivity contribution in [2.75, 3.05) is 7.11 Å². The summed E-state index contributed by atoms with van der Waals surface area (Å²) in [7, 11) is 1.39. The summed E-state index contributed by atoms with van der Waals surface area (Å²) in [4.78, 5) is 37.7. The van der Waals surface area contributed by atoms with Crippen LogP contribution >= 0.6 is 0 Å². The first-order valence-corrected chi connectivity index (χ1v) is 18.5. The van der Waals surface area contributed by atoms with Gasteiger partial charge in [-0.05, 0) is 135 Å². The zero-order chi connectivity index (χ0) is 34.6. The van der Waals surface area contributed by atoms with Crippen LogP contribution in [-0.4, -0.2) is 31.1 Å². The minimum absolute atomic E-state index is 0.0147. The standard InChI is InChI=1S/C38H57NO5.C3H6/c1-24(2)32(44-26(4)40)18-21-36(5)25(3)16-20-37(6)30-17-22-38(19-8-9-31(38)29(30)14-15-33(36)37)35(42)39-23-27-10-12-28(13-11-27)34(41)43-7;1-3-2/h10-13,24-25,29-33H,8-9,14-23H2,1-7H3,(H,39,42);3H,1H2,2H3. The number of nitrogens with one attached hydrogen (secondary N) is 1. The fourth-order valence-corrected chi connectivity index (χ4v) is 11.0. The van der Waals surface area contributed by atoms with E-state index >= 15 is 0 Å². The van der Waals surface area contributed by atoms with Gasteiger partial charge in [0, 0.05) is 13.5 Å². The Hall–Kier alpha value is -2.63. The third-order valence-corrected chi connectivity index (χ3v) is 13.6. The lowest BCUT2D eigenvalue weighted by molar-refractivity contribution is -0.174. The quantitative estimate of drug-likeness (QED) is 0.213. The van der Waals surface area contributed by atoms with Crippen LogP contribution in [0.5, 0.6) is 0 Å². The number of hydrogen-bond donors (Lipinski definition) is 1. The van der Waals surface area contributed by atoms with Gasteiger partial charge in [0.15, 0.2) is 0 Å². The predicted molar refractivity (Wildman–Crippen MR) is 188 cm³/mol. The summed E-state index contributed by atoms with van der Waals surface area (Å²) in [5, 5.41) is 3.33. The van der Waals surface area contributed by atoms with Crippen molar-refractivity contribution >= 4 is 17.8 Å².